The third-order valence-corrected chi connectivity index (χ3v) is 2.45. The number of amides is 1. The van der Waals surface area contributed by atoms with E-state index in [1.807, 2.05) is 13.8 Å². The van der Waals surface area contributed by atoms with Crippen molar-refractivity contribution in [3.05, 3.63) is 0 Å². The van der Waals surface area contributed by atoms with E-state index in [2.05, 4.69) is 0 Å². The number of carbonyl (C=O) groups is 1. The van der Waals surface area contributed by atoms with Crippen LogP contribution in [-0.4, -0.2) is 49.8 Å². The van der Waals surface area contributed by atoms with Crippen molar-refractivity contribution >= 4 is 5.91 Å². The standard InChI is InChI=1S/C11H23NO3/c1-9(2)12(7-8-14-5)10(13)11(3,4)15-6/h9H,7-8H2,1-6H3. The van der Waals surface area contributed by atoms with Crippen molar-refractivity contribution in [2.24, 2.45) is 0 Å². The van der Waals surface area contributed by atoms with Gasteiger partial charge in [0.25, 0.3) is 5.91 Å². The lowest BCUT2D eigenvalue weighted by Gasteiger charge is -2.33. The van der Waals surface area contributed by atoms with Crippen LogP contribution in [0.15, 0.2) is 0 Å². The molecule has 15 heavy (non-hydrogen) atoms. The predicted molar refractivity (Wildman–Crippen MR) is 59.8 cm³/mol. The van der Waals surface area contributed by atoms with Crippen LogP contribution in [0.5, 0.6) is 0 Å². The summed E-state index contributed by atoms with van der Waals surface area (Å²) in [5.41, 5.74) is -0.766. The Bertz CT molecular complexity index is 202. The normalized spacial score (nSPS) is 11.9. The van der Waals surface area contributed by atoms with E-state index in [0.717, 1.165) is 0 Å². The van der Waals surface area contributed by atoms with Gasteiger partial charge in [0.2, 0.25) is 0 Å². The first-order valence-corrected chi connectivity index (χ1v) is 5.22. The highest BCUT2D eigenvalue weighted by Crippen LogP contribution is 2.14. The summed E-state index contributed by atoms with van der Waals surface area (Å²) in [6.45, 7) is 8.66. The number of hydrogen-bond acceptors (Lipinski definition) is 3. The zero-order valence-electron chi connectivity index (χ0n) is 10.7. The summed E-state index contributed by atoms with van der Waals surface area (Å²) in [6, 6.07) is 0.155. The van der Waals surface area contributed by atoms with Crippen LogP contribution in [-0.2, 0) is 14.3 Å². The van der Waals surface area contributed by atoms with Crippen molar-refractivity contribution in [3.63, 3.8) is 0 Å². The van der Waals surface area contributed by atoms with Crippen LogP contribution in [0, 0.1) is 0 Å². The number of carbonyl (C=O) groups excluding carboxylic acids is 1. The molecule has 0 aromatic heterocycles. The maximum Gasteiger partial charge on any atom is 0.254 e. The lowest BCUT2D eigenvalue weighted by atomic mass is 10.1. The summed E-state index contributed by atoms with van der Waals surface area (Å²) in [5.74, 6) is -0.00273. The SMILES string of the molecule is COCCN(C(=O)C(C)(C)OC)C(C)C. The fourth-order valence-corrected chi connectivity index (χ4v) is 1.22. The molecular weight excluding hydrogens is 194 g/mol. The Morgan fingerprint density at radius 2 is 1.87 bits per heavy atom. The molecule has 0 aliphatic carbocycles. The van der Waals surface area contributed by atoms with Crippen molar-refractivity contribution in [2.75, 3.05) is 27.4 Å². The zero-order chi connectivity index (χ0) is 12.1. The average Bonchev–Trinajstić information content (AvgIpc) is 2.17. The van der Waals surface area contributed by atoms with Crippen molar-refractivity contribution < 1.29 is 14.3 Å². The number of methoxy groups -OCH3 is 2. The average molecular weight is 217 g/mol. The van der Waals surface area contributed by atoms with Gasteiger partial charge in [-0.1, -0.05) is 0 Å². The maximum absolute atomic E-state index is 12.1. The number of nitrogens with zero attached hydrogens (tertiary/aromatic N) is 1. The minimum atomic E-state index is -0.766. The first kappa shape index (κ1) is 14.4. The van der Waals surface area contributed by atoms with Crippen LogP contribution >= 0.6 is 0 Å². The van der Waals surface area contributed by atoms with Crippen LogP contribution in [0.25, 0.3) is 0 Å². The molecule has 0 rings (SSSR count). The molecule has 4 heteroatoms. The van der Waals surface area contributed by atoms with Gasteiger partial charge >= 0.3 is 0 Å². The Morgan fingerprint density at radius 3 is 2.20 bits per heavy atom. The number of rotatable bonds is 6. The molecule has 0 radical (unpaired) electrons. The molecule has 0 fully saturated rings. The van der Waals surface area contributed by atoms with Crippen LogP contribution in [0.3, 0.4) is 0 Å². The summed E-state index contributed by atoms with van der Waals surface area (Å²) >= 11 is 0. The Balaban J connectivity index is 4.55. The second kappa shape index (κ2) is 6.08. The molecule has 0 aliphatic heterocycles. The first-order chi connectivity index (χ1) is 6.86. The van der Waals surface area contributed by atoms with Gasteiger partial charge in [0.05, 0.1) is 6.61 Å². The lowest BCUT2D eigenvalue weighted by Crippen LogP contribution is -2.50. The van der Waals surface area contributed by atoms with E-state index in [1.54, 1.807) is 33.0 Å². The van der Waals surface area contributed by atoms with E-state index in [-0.39, 0.29) is 11.9 Å². The van der Waals surface area contributed by atoms with Crippen molar-refractivity contribution in [2.45, 2.75) is 39.3 Å². The molecule has 90 valence electrons. The van der Waals surface area contributed by atoms with Crippen LogP contribution in [0.4, 0.5) is 0 Å². The topological polar surface area (TPSA) is 38.8 Å². The molecule has 0 spiro atoms. The molecule has 0 aromatic rings. The van der Waals surface area contributed by atoms with E-state index in [9.17, 15) is 4.79 Å². The van der Waals surface area contributed by atoms with Gasteiger partial charge in [-0.3, -0.25) is 4.79 Å². The predicted octanol–water partition coefficient (Wildman–Crippen LogP) is 1.29. The summed E-state index contributed by atoms with van der Waals surface area (Å²) in [5, 5.41) is 0. The fraction of sp³-hybridized carbons (Fsp3) is 0.909. The van der Waals surface area contributed by atoms with Crippen molar-refractivity contribution in [1.29, 1.82) is 0 Å². The van der Waals surface area contributed by atoms with E-state index in [4.69, 9.17) is 9.47 Å². The fourth-order valence-electron chi connectivity index (χ4n) is 1.22. The Labute approximate surface area is 92.5 Å². The number of ether oxygens (including phenoxy) is 2. The summed E-state index contributed by atoms with van der Waals surface area (Å²) in [6.07, 6.45) is 0. The molecule has 4 nitrogen and oxygen atoms in total. The quantitative estimate of drug-likeness (QED) is 0.673. The molecule has 0 aromatic carbocycles. The minimum Gasteiger partial charge on any atom is -0.383 e. The van der Waals surface area contributed by atoms with Crippen molar-refractivity contribution in [1.82, 2.24) is 4.90 Å². The van der Waals surface area contributed by atoms with E-state index in [0.29, 0.717) is 13.2 Å². The summed E-state index contributed by atoms with van der Waals surface area (Å²) < 4.78 is 10.2. The van der Waals surface area contributed by atoms with Gasteiger partial charge in [0.15, 0.2) is 0 Å². The highest BCUT2D eigenvalue weighted by atomic mass is 16.5. The molecular formula is C11H23NO3. The third-order valence-electron chi connectivity index (χ3n) is 2.45. The summed E-state index contributed by atoms with van der Waals surface area (Å²) in [7, 11) is 3.18. The molecule has 1 amide bonds. The third kappa shape index (κ3) is 4.18. The van der Waals surface area contributed by atoms with E-state index >= 15 is 0 Å². The van der Waals surface area contributed by atoms with Crippen molar-refractivity contribution in [3.8, 4) is 0 Å². The second-order valence-corrected chi connectivity index (χ2v) is 4.30. The second-order valence-electron chi connectivity index (χ2n) is 4.30. The molecule has 0 unspecified atom stereocenters. The molecule has 0 heterocycles. The molecule has 0 atom stereocenters. The Kier molecular flexibility index (Phi) is 5.83. The molecule has 0 bridgehead atoms. The molecule has 0 saturated heterocycles. The molecule has 0 N–H and O–H groups in total. The highest BCUT2D eigenvalue weighted by molar-refractivity contribution is 5.84. The van der Waals surface area contributed by atoms with Gasteiger partial charge in [-0.2, -0.15) is 0 Å². The number of hydrogen-bond donors (Lipinski definition) is 0. The Hall–Kier alpha value is -0.610. The maximum atomic E-state index is 12.1. The zero-order valence-corrected chi connectivity index (χ0v) is 10.7. The van der Waals surface area contributed by atoms with E-state index in [1.165, 1.54) is 0 Å². The van der Waals surface area contributed by atoms with E-state index < -0.39 is 5.60 Å². The van der Waals surface area contributed by atoms with Gasteiger partial charge in [-0.15, -0.1) is 0 Å². The monoisotopic (exact) mass is 217 g/mol. The van der Waals surface area contributed by atoms with Crippen LogP contribution < -0.4 is 0 Å². The largest absolute Gasteiger partial charge is 0.383 e. The lowest BCUT2D eigenvalue weighted by molar-refractivity contribution is -0.153. The molecule has 0 aliphatic rings. The van der Waals surface area contributed by atoms with Gasteiger partial charge in [-0.25, -0.2) is 0 Å². The van der Waals surface area contributed by atoms with Gasteiger partial charge in [0, 0.05) is 26.8 Å². The van der Waals surface area contributed by atoms with Gasteiger partial charge in [0.1, 0.15) is 5.60 Å². The Morgan fingerprint density at radius 1 is 1.33 bits per heavy atom. The van der Waals surface area contributed by atoms with Gasteiger partial charge < -0.3 is 14.4 Å². The first-order valence-electron chi connectivity index (χ1n) is 5.22. The highest BCUT2D eigenvalue weighted by Gasteiger charge is 2.32. The van der Waals surface area contributed by atoms with Crippen LogP contribution in [0.2, 0.25) is 0 Å². The van der Waals surface area contributed by atoms with Gasteiger partial charge in [-0.05, 0) is 27.7 Å². The smallest absolute Gasteiger partial charge is 0.254 e. The van der Waals surface area contributed by atoms with Crippen LogP contribution in [0.1, 0.15) is 27.7 Å². The minimum absolute atomic E-state index is 0.00273. The molecule has 0 saturated carbocycles. The summed E-state index contributed by atoms with van der Waals surface area (Å²) in [4.78, 5) is 13.9.